The molecule has 0 amide bonds. The Balaban J connectivity index is -0.000000313. The SMILES string of the molecule is C=Cc1sc(N)c(C#N)c1C=C.CC.CC.CCC. The van der Waals surface area contributed by atoms with Gasteiger partial charge in [-0.15, -0.1) is 11.3 Å². The summed E-state index contributed by atoms with van der Waals surface area (Å²) in [7, 11) is 0. The minimum Gasteiger partial charge on any atom is -0.389 e. The molecule has 0 aliphatic heterocycles. The second-order valence-corrected chi connectivity index (χ2v) is 3.93. The van der Waals surface area contributed by atoms with Gasteiger partial charge in [-0.2, -0.15) is 5.26 Å². The summed E-state index contributed by atoms with van der Waals surface area (Å²) >= 11 is 1.36. The molecule has 1 aromatic rings. The number of nitrogen functional groups attached to an aromatic ring is 1. The van der Waals surface area contributed by atoms with Crippen molar-refractivity contribution < 1.29 is 0 Å². The lowest BCUT2D eigenvalue weighted by Crippen LogP contribution is -1.83. The molecule has 0 bridgehead atoms. The van der Waals surface area contributed by atoms with E-state index in [9.17, 15) is 0 Å². The molecule has 0 aromatic carbocycles. The molecule has 0 radical (unpaired) electrons. The molecular formula is C16H28N2S. The first kappa shape index (κ1) is 22.6. The molecule has 108 valence electrons. The van der Waals surface area contributed by atoms with E-state index < -0.39 is 0 Å². The van der Waals surface area contributed by atoms with Crippen LogP contribution in [0.1, 0.15) is 64.0 Å². The minimum absolute atomic E-state index is 0.505. The maximum atomic E-state index is 8.73. The zero-order valence-corrected chi connectivity index (χ0v) is 14.0. The molecule has 0 saturated carbocycles. The third-order valence-corrected chi connectivity index (χ3v) is 2.53. The van der Waals surface area contributed by atoms with Gasteiger partial charge >= 0.3 is 0 Å². The smallest absolute Gasteiger partial charge is 0.105 e. The molecule has 19 heavy (non-hydrogen) atoms. The average molecular weight is 280 g/mol. The van der Waals surface area contributed by atoms with Crippen LogP contribution in [0.15, 0.2) is 13.2 Å². The molecule has 3 heteroatoms. The van der Waals surface area contributed by atoms with Gasteiger partial charge in [-0.25, -0.2) is 0 Å². The van der Waals surface area contributed by atoms with Crippen LogP contribution in [0, 0.1) is 11.3 Å². The fourth-order valence-electron chi connectivity index (χ4n) is 0.950. The zero-order chi connectivity index (χ0) is 15.8. The molecular weight excluding hydrogens is 252 g/mol. The van der Waals surface area contributed by atoms with Crippen molar-refractivity contribution in [2.24, 2.45) is 0 Å². The topological polar surface area (TPSA) is 49.8 Å². The van der Waals surface area contributed by atoms with Crippen molar-refractivity contribution in [3.8, 4) is 6.07 Å². The van der Waals surface area contributed by atoms with Gasteiger partial charge in [-0.3, -0.25) is 0 Å². The van der Waals surface area contributed by atoms with Crippen molar-refractivity contribution in [3.63, 3.8) is 0 Å². The second kappa shape index (κ2) is 16.5. The van der Waals surface area contributed by atoms with Crippen molar-refractivity contribution in [2.75, 3.05) is 5.73 Å². The van der Waals surface area contributed by atoms with Crippen molar-refractivity contribution >= 4 is 28.5 Å². The number of nitrogens with zero attached hydrogens (tertiary/aromatic N) is 1. The van der Waals surface area contributed by atoms with Gasteiger partial charge in [0.05, 0.1) is 5.56 Å². The average Bonchev–Trinajstić information content (AvgIpc) is 2.79. The Morgan fingerprint density at radius 3 is 1.84 bits per heavy atom. The summed E-state index contributed by atoms with van der Waals surface area (Å²) in [6, 6.07) is 2.04. The normalized spacial score (nSPS) is 7.21. The number of hydrogen-bond acceptors (Lipinski definition) is 3. The summed E-state index contributed by atoms with van der Waals surface area (Å²) in [6.45, 7) is 19.5. The van der Waals surface area contributed by atoms with Gasteiger partial charge in [0, 0.05) is 10.4 Å². The fourth-order valence-corrected chi connectivity index (χ4v) is 1.82. The summed E-state index contributed by atoms with van der Waals surface area (Å²) in [4.78, 5) is 0.902. The molecule has 0 unspecified atom stereocenters. The molecule has 0 aliphatic carbocycles. The Bertz CT molecular complexity index is 384. The Morgan fingerprint density at radius 2 is 1.58 bits per heavy atom. The minimum atomic E-state index is 0.505. The zero-order valence-electron chi connectivity index (χ0n) is 13.2. The molecule has 1 rings (SSSR count). The largest absolute Gasteiger partial charge is 0.389 e. The van der Waals surface area contributed by atoms with Gasteiger partial charge in [0.1, 0.15) is 11.1 Å². The van der Waals surface area contributed by atoms with E-state index in [1.165, 1.54) is 17.8 Å². The summed E-state index contributed by atoms with van der Waals surface area (Å²) in [5, 5.41) is 9.26. The maximum absolute atomic E-state index is 8.73. The number of rotatable bonds is 2. The van der Waals surface area contributed by atoms with Crippen LogP contribution in [-0.4, -0.2) is 0 Å². The maximum Gasteiger partial charge on any atom is 0.105 e. The Kier molecular flexibility index (Phi) is 19.6. The molecule has 0 fully saturated rings. The highest BCUT2D eigenvalue weighted by Gasteiger charge is 2.10. The van der Waals surface area contributed by atoms with Crippen molar-refractivity contribution in [2.45, 2.75) is 48.0 Å². The van der Waals surface area contributed by atoms with Crippen LogP contribution in [-0.2, 0) is 0 Å². The van der Waals surface area contributed by atoms with E-state index in [1.807, 2.05) is 33.8 Å². The first-order chi connectivity index (χ1) is 9.15. The first-order valence-corrected chi connectivity index (χ1v) is 7.55. The fraction of sp³-hybridized carbons (Fsp3) is 0.438. The number of anilines is 1. The summed E-state index contributed by atoms with van der Waals surface area (Å²) in [6.07, 6.45) is 4.56. The monoisotopic (exact) mass is 280 g/mol. The molecule has 2 nitrogen and oxygen atoms in total. The first-order valence-electron chi connectivity index (χ1n) is 6.73. The highest BCUT2D eigenvalue weighted by molar-refractivity contribution is 7.17. The molecule has 1 aromatic heterocycles. The number of nitrogens with two attached hydrogens (primary N) is 1. The number of thiophene rings is 1. The van der Waals surface area contributed by atoms with E-state index in [0.29, 0.717) is 10.6 Å². The highest BCUT2D eigenvalue weighted by Crippen LogP contribution is 2.31. The molecule has 1 heterocycles. The second-order valence-electron chi connectivity index (χ2n) is 2.85. The van der Waals surface area contributed by atoms with Crippen LogP contribution in [0.4, 0.5) is 5.00 Å². The molecule has 2 N–H and O–H groups in total. The third kappa shape index (κ3) is 8.23. The van der Waals surface area contributed by atoms with Crippen LogP contribution < -0.4 is 5.73 Å². The summed E-state index contributed by atoms with van der Waals surface area (Å²) in [5.74, 6) is 0. The lowest BCUT2D eigenvalue weighted by Gasteiger charge is -1.89. The lowest BCUT2D eigenvalue weighted by molar-refractivity contribution is 1.09. The van der Waals surface area contributed by atoms with Crippen molar-refractivity contribution in [1.29, 1.82) is 5.26 Å². The van der Waals surface area contributed by atoms with Gasteiger partial charge in [-0.05, 0) is 0 Å². The summed E-state index contributed by atoms with van der Waals surface area (Å²) < 4.78 is 0. The van der Waals surface area contributed by atoms with E-state index in [-0.39, 0.29) is 0 Å². The van der Waals surface area contributed by atoms with E-state index in [2.05, 4.69) is 27.0 Å². The van der Waals surface area contributed by atoms with E-state index in [0.717, 1.165) is 10.4 Å². The standard InChI is InChI=1S/C9H8N2S.C3H8.2C2H6/c1-3-6-7(5-10)9(11)12-8(6)4-2;1-3-2;2*1-2/h3-4H,1-2,11H2;3H2,1-2H3;2*1-2H3. The van der Waals surface area contributed by atoms with Gasteiger partial charge in [-0.1, -0.05) is 73.3 Å². The van der Waals surface area contributed by atoms with Gasteiger partial charge in [0.15, 0.2) is 0 Å². The van der Waals surface area contributed by atoms with E-state index in [1.54, 1.807) is 12.2 Å². The quantitative estimate of drug-likeness (QED) is 0.727. The predicted octanol–water partition coefficient (Wildman–Crippen LogP) is 5.96. The number of hydrogen-bond donors (Lipinski definition) is 1. The lowest BCUT2D eigenvalue weighted by atomic mass is 10.1. The number of nitriles is 1. The predicted molar refractivity (Wildman–Crippen MR) is 92.3 cm³/mol. The van der Waals surface area contributed by atoms with Gasteiger partial charge in [0.25, 0.3) is 0 Å². The molecule has 0 atom stereocenters. The van der Waals surface area contributed by atoms with Crippen LogP contribution >= 0.6 is 11.3 Å². The van der Waals surface area contributed by atoms with Crippen LogP contribution in [0.5, 0.6) is 0 Å². The van der Waals surface area contributed by atoms with Crippen molar-refractivity contribution in [1.82, 2.24) is 0 Å². The Labute approximate surface area is 123 Å². The Morgan fingerprint density at radius 1 is 1.16 bits per heavy atom. The van der Waals surface area contributed by atoms with Crippen LogP contribution in [0.25, 0.3) is 12.2 Å². The van der Waals surface area contributed by atoms with Crippen molar-refractivity contribution in [3.05, 3.63) is 29.2 Å². The summed E-state index contributed by atoms with van der Waals surface area (Å²) in [5.41, 5.74) is 6.90. The van der Waals surface area contributed by atoms with Gasteiger partial charge < -0.3 is 5.73 Å². The highest BCUT2D eigenvalue weighted by atomic mass is 32.1. The van der Waals surface area contributed by atoms with Gasteiger partial charge in [0.2, 0.25) is 0 Å². The Hall–Kier alpha value is -1.53. The van der Waals surface area contributed by atoms with E-state index >= 15 is 0 Å². The molecule has 0 saturated heterocycles. The van der Waals surface area contributed by atoms with Crippen LogP contribution in [0.3, 0.4) is 0 Å². The molecule has 0 spiro atoms. The van der Waals surface area contributed by atoms with Crippen LogP contribution in [0.2, 0.25) is 0 Å². The third-order valence-electron chi connectivity index (χ3n) is 1.50. The van der Waals surface area contributed by atoms with E-state index in [4.69, 9.17) is 11.0 Å². The molecule has 0 aliphatic rings.